The lowest BCUT2D eigenvalue weighted by Crippen LogP contribution is -2.48. The Labute approximate surface area is 94.8 Å². The van der Waals surface area contributed by atoms with Crippen molar-refractivity contribution in [1.29, 1.82) is 0 Å². The molecule has 1 fully saturated rings. The van der Waals surface area contributed by atoms with Crippen molar-refractivity contribution >= 4 is 0 Å². The molecule has 0 radical (unpaired) electrons. The van der Waals surface area contributed by atoms with Crippen LogP contribution in [-0.4, -0.2) is 23.8 Å². The fraction of sp³-hybridized carbons (Fsp3) is 1.00. The largest absolute Gasteiger partial charge is 0.371 e. The summed E-state index contributed by atoms with van der Waals surface area (Å²) in [5.41, 5.74) is 0.303. The van der Waals surface area contributed by atoms with E-state index in [1.54, 1.807) is 0 Å². The lowest BCUT2D eigenvalue weighted by atomic mass is 9.99. The molecule has 1 N–H and O–H groups in total. The maximum Gasteiger partial charge on any atom is 0.0809 e. The summed E-state index contributed by atoms with van der Waals surface area (Å²) < 4.78 is 6.13. The van der Waals surface area contributed by atoms with Crippen LogP contribution in [0.25, 0.3) is 0 Å². The average molecular weight is 213 g/mol. The Bertz CT molecular complexity index is 187. The van der Waals surface area contributed by atoms with Crippen molar-refractivity contribution in [2.24, 2.45) is 0 Å². The molecular formula is C13H27NO. The number of hydrogen-bond acceptors (Lipinski definition) is 2. The summed E-state index contributed by atoms with van der Waals surface area (Å²) in [7, 11) is 0. The minimum atomic E-state index is 0.113. The highest BCUT2D eigenvalue weighted by Crippen LogP contribution is 2.34. The molecule has 2 heteroatoms. The first-order valence-corrected chi connectivity index (χ1v) is 6.26. The second-order valence-electron chi connectivity index (χ2n) is 6.16. The zero-order chi connectivity index (χ0) is 11.5. The second kappa shape index (κ2) is 4.84. The smallest absolute Gasteiger partial charge is 0.0809 e. The van der Waals surface area contributed by atoms with E-state index in [1.807, 2.05) is 0 Å². The monoisotopic (exact) mass is 213 g/mol. The van der Waals surface area contributed by atoms with Gasteiger partial charge >= 0.3 is 0 Å². The van der Waals surface area contributed by atoms with Gasteiger partial charge < -0.3 is 10.1 Å². The van der Waals surface area contributed by atoms with E-state index in [9.17, 15) is 0 Å². The van der Waals surface area contributed by atoms with Crippen LogP contribution >= 0.6 is 0 Å². The number of nitrogens with one attached hydrogen (secondary N) is 1. The Balaban J connectivity index is 2.50. The molecule has 90 valence electrons. The maximum absolute atomic E-state index is 6.13. The molecule has 1 rings (SSSR count). The molecule has 1 aliphatic carbocycles. The topological polar surface area (TPSA) is 21.3 Å². The van der Waals surface area contributed by atoms with E-state index in [-0.39, 0.29) is 11.1 Å². The lowest BCUT2D eigenvalue weighted by molar-refractivity contribution is -0.0766. The molecular weight excluding hydrogens is 186 g/mol. The van der Waals surface area contributed by atoms with E-state index >= 15 is 0 Å². The van der Waals surface area contributed by atoms with Crippen molar-refractivity contribution in [3.63, 3.8) is 0 Å². The second-order valence-corrected chi connectivity index (χ2v) is 6.16. The summed E-state index contributed by atoms with van der Waals surface area (Å²) in [6.45, 7) is 11.9. The van der Waals surface area contributed by atoms with Crippen LogP contribution in [0, 0.1) is 0 Å². The fourth-order valence-corrected chi connectivity index (χ4v) is 2.28. The standard InChI is InChI=1S/C13H27NO/c1-11(2)15-13(8-6-7-9-13)10-14-12(3,4)5/h11,14H,6-10H2,1-5H3. The third kappa shape index (κ3) is 4.52. The highest BCUT2D eigenvalue weighted by atomic mass is 16.5. The van der Waals surface area contributed by atoms with Gasteiger partial charge in [-0.25, -0.2) is 0 Å². The van der Waals surface area contributed by atoms with Gasteiger partial charge in [-0.05, 0) is 47.5 Å². The maximum atomic E-state index is 6.13. The first-order chi connectivity index (χ1) is 6.83. The highest BCUT2D eigenvalue weighted by molar-refractivity contribution is 4.91. The molecule has 0 spiro atoms. The first kappa shape index (κ1) is 13.0. The van der Waals surface area contributed by atoms with Crippen LogP contribution in [-0.2, 0) is 4.74 Å². The van der Waals surface area contributed by atoms with Gasteiger partial charge in [0.1, 0.15) is 0 Å². The molecule has 0 aliphatic heterocycles. The van der Waals surface area contributed by atoms with Gasteiger partial charge in [0.2, 0.25) is 0 Å². The third-order valence-electron chi connectivity index (χ3n) is 2.94. The van der Waals surface area contributed by atoms with Crippen LogP contribution in [0.15, 0.2) is 0 Å². The summed E-state index contributed by atoms with van der Waals surface area (Å²) in [6.07, 6.45) is 5.41. The van der Waals surface area contributed by atoms with Crippen molar-refractivity contribution in [2.75, 3.05) is 6.54 Å². The highest BCUT2D eigenvalue weighted by Gasteiger charge is 2.36. The molecule has 2 nitrogen and oxygen atoms in total. The predicted molar refractivity (Wildman–Crippen MR) is 65.2 cm³/mol. The van der Waals surface area contributed by atoms with Crippen LogP contribution in [0.3, 0.4) is 0 Å². The Hall–Kier alpha value is -0.0800. The molecule has 0 atom stereocenters. The van der Waals surface area contributed by atoms with Crippen LogP contribution < -0.4 is 5.32 Å². The Morgan fingerprint density at radius 1 is 1.20 bits per heavy atom. The van der Waals surface area contributed by atoms with E-state index in [4.69, 9.17) is 4.74 Å². The minimum absolute atomic E-state index is 0.113. The van der Waals surface area contributed by atoms with Gasteiger partial charge in [0, 0.05) is 12.1 Å². The predicted octanol–water partition coefficient (Wildman–Crippen LogP) is 3.11. The molecule has 0 bridgehead atoms. The molecule has 0 saturated heterocycles. The van der Waals surface area contributed by atoms with Crippen LogP contribution in [0.1, 0.15) is 60.3 Å². The molecule has 0 unspecified atom stereocenters. The summed E-state index contributed by atoms with van der Waals surface area (Å²) >= 11 is 0. The zero-order valence-corrected chi connectivity index (χ0v) is 11.0. The van der Waals surface area contributed by atoms with Gasteiger partial charge in [0.05, 0.1) is 11.7 Å². The summed E-state index contributed by atoms with van der Waals surface area (Å²) in [4.78, 5) is 0. The van der Waals surface area contributed by atoms with Crippen molar-refractivity contribution in [3.8, 4) is 0 Å². The van der Waals surface area contributed by atoms with Gasteiger partial charge in [0.25, 0.3) is 0 Å². The molecule has 0 aromatic carbocycles. The number of rotatable bonds is 4. The SMILES string of the molecule is CC(C)OC1(CNC(C)(C)C)CCCC1. The van der Waals surface area contributed by atoms with Crippen LogP contribution in [0.2, 0.25) is 0 Å². The molecule has 0 aromatic heterocycles. The normalized spacial score (nSPS) is 21.2. The third-order valence-corrected chi connectivity index (χ3v) is 2.94. The quantitative estimate of drug-likeness (QED) is 0.775. The van der Waals surface area contributed by atoms with Gasteiger partial charge in [0.15, 0.2) is 0 Å². The Morgan fingerprint density at radius 3 is 2.13 bits per heavy atom. The van der Waals surface area contributed by atoms with Gasteiger partial charge in [-0.2, -0.15) is 0 Å². The Morgan fingerprint density at radius 2 is 1.73 bits per heavy atom. The fourth-order valence-electron chi connectivity index (χ4n) is 2.28. The number of ether oxygens (including phenoxy) is 1. The number of hydrogen-bond donors (Lipinski definition) is 1. The molecule has 0 heterocycles. The van der Waals surface area contributed by atoms with E-state index in [0.717, 1.165) is 6.54 Å². The first-order valence-electron chi connectivity index (χ1n) is 6.26. The van der Waals surface area contributed by atoms with E-state index in [0.29, 0.717) is 6.10 Å². The summed E-state index contributed by atoms with van der Waals surface area (Å²) in [5, 5.41) is 3.58. The zero-order valence-electron chi connectivity index (χ0n) is 11.0. The van der Waals surface area contributed by atoms with Gasteiger partial charge in [-0.1, -0.05) is 12.8 Å². The van der Waals surface area contributed by atoms with Gasteiger partial charge in [-0.3, -0.25) is 0 Å². The van der Waals surface area contributed by atoms with E-state index in [2.05, 4.69) is 39.9 Å². The molecule has 0 aromatic rings. The summed E-state index contributed by atoms with van der Waals surface area (Å²) in [6, 6.07) is 0. The lowest BCUT2D eigenvalue weighted by Gasteiger charge is -2.35. The van der Waals surface area contributed by atoms with Crippen molar-refractivity contribution < 1.29 is 4.74 Å². The van der Waals surface area contributed by atoms with Crippen molar-refractivity contribution in [1.82, 2.24) is 5.32 Å². The van der Waals surface area contributed by atoms with Crippen LogP contribution in [0.4, 0.5) is 0 Å². The van der Waals surface area contributed by atoms with Crippen LogP contribution in [0.5, 0.6) is 0 Å². The van der Waals surface area contributed by atoms with Gasteiger partial charge in [-0.15, -0.1) is 0 Å². The molecule has 0 amide bonds. The molecule has 1 aliphatic rings. The van der Waals surface area contributed by atoms with Crippen molar-refractivity contribution in [3.05, 3.63) is 0 Å². The minimum Gasteiger partial charge on any atom is -0.371 e. The summed E-state index contributed by atoms with van der Waals surface area (Å²) in [5.74, 6) is 0. The molecule has 15 heavy (non-hydrogen) atoms. The average Bonchev–Trinajstić information content (AvgIpc) is 2.48. The van der Waals surface area contributed by atoms with E-state index in [1.165, 1.54) is 25.7 Å². The van der Waals surface area contributed by atoms with Crippen molar-refractivity contribution in [2.45, 2.75) is 77.5 Å². The van der Waals surface area contributed by atoms with E-state index < -0.39 is 0 Å². The Kier molecular flexibility index (Phi) is 4.19. The molecule has 1 saturated carbocycles.